The number of carbonyl (C=O) groups excluding carboxylic acids is 1. The van der Waals surface area contributed by atoms with Gasteiger partial charge in [0.2, 0.25) is 5.91 Å². The first-order valence-electron chi connectivity index (χ1n) is 4.87. The van der Waals surface area contributed by atoms with Gasteiger partial charge in [0.05, 0.1) is 5.52 Å². The summed E-state index contributed by atoms with van der Waals surface area (Å²) in [6, 6.07) is 3.44. The highest BCUT2D eigenvalue weighted by molar-refractivity contribution is 5.91. The Bertz CT molecular complexity index is 592. The maximum absolute atomic E-state index is 11.8. The minimum Gasteiger partial charge on any atom is -0.290 e. The van der Waals surface area contributed by atoms with Crippen molar-refractivity contribution in [2.75, 3.05) is 0 Å². The Morgan fingerprint density at radius 2 is 2.33 bits per heavy atom. The molecular weight excluding hydrogens is 194 g/mol. The molecule has 76 valence electrons. The Kier molecular flexibility index (Phi) is 1.56. The topological polar surface area (TPSA) is 67.8 Å². The number of imidazole rings is 1. The molecule has 5 nitrogen and oxygen atoms in total. The lowest BCUT2D eigenvalue weighted by molar-refractivity contribution is 0.0887. The van der Waals surface area contributed by atoms with Crippen molar-refractivity contribution in [3.63, 3.8) is 0 Å². The summed E-state index contributed by atoms with van der Waals surface area (Å²) >= 11 is 0. The second kappa shape index (κ2) is 2.79. The van der Waals surface area contributed by atoms with E-state index in [4.69, 9.17) is 0 Å². The van der Waals surface area contributed by atoms with Gasteiger partial charge in [-0.05, 0) is 25.0 Å². The first kappa shape index (κ1) is 8.40. The fraction of sp³-hybridized carbons (Fsp3) is 0.300. The molecule has 2 aromatic heterocycles. The SMILES string of the molecule is O=C(C1CC1)n1c(=O)[nH]c2ncccc21. The summed E-state index contributed by atoms with van der Waals surface area (Å²) in [5, 5.41) is 0. The number of fused-ring (bicyclic) bond motifs is 1. The number of H-pyrrole nitrogens is 1. The molecule has 1 aliphatic rings. The molecule has 1 aliphatic carbocycles. The molecule has 1 fully saturated rings. The molecule has 0 spiro atoms. The minimum absolute atomic E-state index is 0.0295. The summed E-state index contributed by atoms with van der Waals surface area (Å²) in [4.78, 5) is 29.9. The Morgan fingerprint density at radius 1 is 1.53 bits per heavy atom. The van der Waals surface area contributed by atoms with Crippen LogP contribution in [0.5, 0.6) is 0 Å². The monoisotopic (exact) mass is 203 g/mol. The van der Waals surface area contributed by atoms with Crippen LogP contribution in [0.2, 0.25) is 0 Å². The summed E-state index contributed by atoms with van der Waals surface area (Å²) in [5.74, 6) is -0.0823. The summed E-state index contributed by atoms with van der Waals surface area (Å²) in [5.41, 5.74) is 0.650. The van der Waals surface area contributed by atoms with Crippen LogP contribution < -0.4 is 5.69 Å². The van der Waals surface area contributed by atoms with Crippen LogP contribution in [0, 0.1) is 5.92 Å². The van der Waals surface area contributed by atoms with E-state index < -0.39 is 0 Å². The van der Waals surface area contributed by atoms with Gasteiger partial charge >= 0.3 is 5.69 Å². The molecular formula is C10H9N3O2. The molecule has 0 amide bonds. The molecule has 0 aromatic carbocycles. The van der Waals surface area contributed by atoms with Gasteiger partial charge in [-0.3, -0.25) is 9.78 Å². The third kappa shape index (κ3) is 1.20. The molecule has 0 aliphatic heterocycles. The van der Waals surface area contributed by atoms with Gasteiger partial charge in [-0.1, -0.05) is 0 Å². The normalized spacial score (nSPS) is 15.7. The van der Waals surface area contributed by atoms with E-state index in [-0.39, 0.29) is 17.5 Å². The summed E-state index contributed by atoms with van der Waals surface area (Å²) in [7, 11) is 0. The number of aromatic nitrogens is 3. The predicted molar refractivity (Wildman–Crippen MR) is 53.7 cm³/mol. The van der Waals surface area contributed by atoms with Crippen LogP contribution in [0.1, 0.15) is 17.6 Å². The van der Waals surface area contributed by atoms with Crippen molar-refractivity contribution in [1.82, 2.24) is 14.5 Å². The van der Waals surface area contributed by atoms with Gasteiger partial charge in [-0.15, -0.1) is 0 Å². The first-order chi connectivity index (χ1) is 7.27. The molecule has 3 rings (SSSR count). The quantitative estimate of drug-likeness (QED) is 0.744. The fourth-order valence-electron chi connectivity index (χ4n) is 1.67. The standard InChI is InChI=1S/C10H9N3O2/c14-9(6-3-4-6)13-7-2-1-5-11-8(7)12-10(13)15/h1-2,5-6H,3-4H2,(H,11,12,15). The van der Waals surface area contributed by atoms with E-state index in [1.165, 1.54) is 4.57 Å². The van der Waals surface area contributed by atoms with Gasteiger partial charge < -0.3 is 0 Å². The van der Waals surface area contributed by atoms with Crippen LogP contribution in [-0.2, 0) is 0 Å². The van der Waals surface area contributed by atoms with Crippen molar-refractivity contribution < 1.29 is 4.79 Å². The highest BCUT2D eigenvalue weighted by Crippen LogP contribution is 2.30. The number of aromatic amines is 1. The van der Waals surface area contributed by atoms with Crippen molar-refractivity contribution in [3.8, 4) is 0 Å². The molecule has 1 saturated carbocycles. The highest BCUT2D eigenvalue weighted by Gasteiger charge is 2.32. The number of hydrogen-bond acceptors (Lipinski definition) is 3. The van der Waals surface area contributed by atoms with Gasteiger partial charge in [-0.25, -0.2) is 14.3 Å². The van der Waals surface area contributed by atoms with E-state index in [1.54, 1.807) is 18.3 Å². The number of nitrogens with zero attached hydrogens (tertiary/aromatic N) is 2. The van der Waals surface area contributed by atoms with Crippen molar-refractivity contribution in [2.45, 2.75) is 12.8 Å². The van der Waals surface area contributed by atoms with Crippen LogP contribution in [0.3, 0.4) is 0 Å². The van der Waals surface area contributed by atoms with E-state index >= 15 is 0 Å². The number of rotatable bonds is 1. The zero-order chi connectivity index (χ0) is 10.4. The molecule has 0 radical (unpaired) electrons. The Morgan fingerprint density at radius 3 is 3.07 bits per heavy atom. The van der Waals surface area contributed by atoms with E-state index in [0.29, 0.717) is 11.2 Å². The van der Waals surface area contributed by atoms with Gasteiger partial charge in [0, 0.05) is 12.1 Å². The third-order valence-corrected chi connectivity index (χ3v) is 2.60. The lowest BCUT2D eigenvalue weighted by Gasteiger charge is -1.98. The average molecular weight is 203 g/mol. The predicted octanol–water partition coefficient (Wildman–Crippen LogP) is 0.775. The third-order valence-electron chi connectivity index (χ3n) is 2.60. The Labute approximate surface area is 84.7 Å². The van der Waals surface area contributed by atoms with Gasteiger partial charge in [0.1, 0.15) is 0 Å². The zero-order valence-corrected chi connectivity index (χ0v) is 7.93. The molecule has 0 atom stereocenters. The molecule has 2 heterocycles. The second-order valence-corrected chi connectivity index (χ2v) is 3.75. The van der Waals surface area contributed by atoms with E-state index in [1.807, 2.05) is 0 Å². The lowest BCUT2D eigenvalue weighted by Crippen LogP contribution is -2.25. The number of pyridine rings is 1. The number of carbonyl (C=O) groups is 1. The van der Waals surface area contributed by atoms with E-state index in [2.05, 4.69) is 9.97 Å². The lowest BCUT2D eigenvalue weighted by atomic mass is 10.3. The Balaban J connectivity index is 2.28. The molecule has 0 unspecified atom stereocenters. The van der Waals surface area contributed by atoms with Gasteiger partial charge in [-0.2, -0.15) is 0 Å². The second-order valence-electron chi connectivity index (χ2n) is 3.75. The van der Waals surface area contributed by atoms with Crippen LogP contribution in [0.4, 0.5) is 0 Å². The van der Waals surface area contributed by atoms with Gasteiger partial charge in [0.15, 0.2) is 5.65 Å². The highest BCUT2D eigenvalue weighted by atomic mass is 16.2. The minimum atomic E-state index is -0.388. The van der Waals surface area contributed by atoms with Crippen LogP contribution in [0.25, 0.3) is 11.2 Å². The first-order valence-corrected chi connectivity index (χ1v) is 4.87. The summed E-state index contributed by atoms with van der Waals surface area (Å²) in [6.45, 7) is 0. The van der Waals surface area contributed by atoms with Gasteiger partial charge in [0.25, 0.3) is 0 Å². The molecule has 15 heavy (non-hydrogen) atoms. The van der Waals surface area contributed by atoms with Crippen molar-refractivity contribution in [1.29, 1.82) is 0 Å². The maximum atomic E-state index is 11.8. The largest absolute Gasteiger partial charge is 0.334 e. The smallest absolute Gasteiger partial charge is 0.290 e. The van der Waals surface area contributed by atoms with E-state index in [9.17, 15) is 9.59 Å². The molecule has 5 heteroatoms. The molecule has 0 saturated heterocycles. The van der Waals surface area contributed by atoms with Crippen molar-refractivity contribution in [3.05, 3.63) is 28.8 Å². The molecule has 2 aromatic rings. The van der Waals surface area contributed by atoms with Crippen LogP contribution in [0.15, 0.2) is 23.1 Å². The maximum Gasteiger partial charge on any atom is 0.334 e. The average Bonchev–Trinajstić information content (AvgIpc) is 3.00. The Hall–Kier alpha value is -1.91. The van der Waals surface area contributed by atoms with Crippen molar-refractivity contribution >= 4 is 17.1 Å². The number of nitrogens with one attached hydrogen (secondary N) is 1. The van der Waals surface area contributed by atoms with E-state index in [0.717, 1.165) is 12.8 Å². The summed E-state index contributed by atoms with van der Waals surface area (Å²) in [6.07, 6.45) is 3.36. The summed E-state index contributed by atoms with van der Waals surface area (Å²) < 4.78 is 1.19. The van der Waals surface area contributed by atoms with Crippen LogP contribution >= 0.6 is 0 Å². The molecule has 1 N–H and O–H groups in total. The fourth-order valence-corrected chi connectivity index (χ4v) is 1.67. The van der Waals surface area contributed by atoms with Crippen molar-refractivity contribution in [2.24, 2.45) is 5.92 Å². The molecule has 0 bridgehead atoms. The zero-order valence-electron chi connectivity index (χ0n) is 7.93. The van der Waals surface area contributed by atoms with Crippen LogP contribution in [-0.4, -0.2) is 20.4 Å². The number of hydrogen-bond donors (Lipinski definition) is 1.